The van der Waals surface area contributed by atoms with Gasteiger partial charge in [0.1, 0.15) is 5.82 Å². The Kier molecular flexibility index (Phi) is 8.94. The van der Waals surface area contributed by atoms with Gasteiger partial charge < -0.3 is 14.7 Å². The van der Waals surface area contributed by atoms with E-state index in [4.69, 9.17) is 16.3 Å². The van der Waals surface area contributed by atoms with E-state index in [1.54, 1.807) is 13.3 Å². The van der Waals surface area contributed by atoms with Crippen molar-refractivity contribution in [3.05, 3.63) is 52.9 Å². The molecule has 0 saturated heterocycles. The summed E-state index contributed by atoms with van der Waals surface area (Å²) in [5, 5.41) is 10.6. The van der Waals surface area contributed by atoms with E-state index in [0.717, 1.165) is 24.3 Å². The minimum atomic E-state index is -0.583. The summed E-state index contributed by atoms with van der Waals surface area (Å²) in [7, 11) is 3.56. The molecule has 6 nitrogen and oxygen atoms in total. The van der Waals surface area contributed by atoms with Crippen LogP contribution in [0, 0.1) is 0 Å². The number of anilines is 1. The number of hydrogen-bond donors (Lipinski definition) is 1. The average Bonchev–Trinajstić information content (AvgIpc) is 2.64. The summed E-state index contributed by atoms with van der Waals surface area (Å²) in [5.41, 5.74) is 1.86. The molecule has 0 bridgehead atoms. The largest absolute Gasteiger partial charge is 0.389 e. The third kappa shape index (κ3) is 7.07. The predicted octanol–water partition coefficient (Wildman–Crippen LogP) is 2.99. The molecule has 2 rings (SSSR count). The number of benzene rings is 1. The van der Waals surface area contributed by atoms with Crippen molar-refractivity contribution in [2.45, 2.75) is 32.5 Å². The molecule has 7 heteroatoms. The third-order valence-electron chi connectivity index (χ3n) is 4.19. The van der Waals surface area contributed by atoms with Crippen molar-refractivity contribution in [2.75, 3.05) is 38.8 Å². The van der Waals surface area contributed by atoms with Gasteiger partial charge in [-0.3, -0.25) is 9.88 Å². The molecule has 1 N–H and O–H groups in total. The molecule has 0 fully saturated rings. The van der Waals surface area contributed by atoms with Crippen LogP contribution in [-0.2, 0) is 17.8 Å². The quantitative estimate of drug-likeness (QED) is 0.634. The molecule has 0 spiro atoms. The molecule has 1 heterocycles. The zero-order chi connectivity index (χ0) is 19.6. The summed E-state index contributed by atoms with van der Waals surface area (Å²) in [4.78, 5) is 13.1. The monoisotopic (exact) mass is 392 g/mol. The van der Waals surface area contributed by atoms with E-state index in [1.807, 2.05) is 30.1 Å². The molecule has 0 radical (unpaired) electrons. The number of halogens is 1. The molecular formula is C20H29ClN4O2. The summed E-state index contributed by atoms with van der Waals surface area (Å²) in [6.45, 7) is 4.93. The summed E-state index contributed by atoms with van der Waals surface area (Å²) in [6, 6.07) is 10.1. The van der Waals surface area contributed by atoms with Crippen LogP contribution in [0.4, 0.5) is 5.82 Å². The topological polar surface area (TPSA) is 61.7 Å². The molecule has 1 unspecified atom stereocenters. The van der Waals surface area contributed by atoms with Crippen molar-refractivity contribution in [2.24, 2.45) is 0 Å². The van der Waals surface area contributed by atoms with Crippen molar-refractivity contribution < 1.29 is 9.84 Å². The molecule has 27 heavy (non-hydrogen) atoms. The molecule has 1 aromatic heterocycles. The molecule has 0 amide bonds. The van der Waals surface area contributed by atoms with Crippen LogP contribution in [0.5, 0.6) is 0 Å². The highest BCUT2D eigenvalue weighted by molar-refractivity contribution is 6.30. The Balaban J connectivity index is 2.13. The lowest BCUT2D eigenvalue weighted by Crippen LogP contribution is -2.34. The van der Waals surface area contributed by atoms with Crippen LogP contribution in [0.3, 0.4) is 0 Å². The van der Waals surface area contributed by atoms with Crippen LogP contribution in [-0.4, -0.2) is 59.9 Å². The fraction of sp³-hybridized carbons (Fsp3) is 0.500. The molecule has 0 aliphatic rings. The van der Waals surface area contributed by atoms with Crippen LogP contribution in [0.15, 0.2) is 36.5 Å². The second-order valence-electron chi connectivity index (χ2n) is 6.65. The van der Waals surface area contributed by atoms with Crippen molar-refractivity contribution in [1.82, 2.24) is 14.9 Å². The number of aromatic nitrogens is 2. The van der Waals surface area contributed by atoms with Crippen LogP contribution >= 0.6 is 11.6 Å². The van der Waals surface area contributed by atoms with Gasteiger partial charge in [-0.1, -0.05) is 48.9 Å². The summed E-state index contributed by atoms with van der Waals surface area (Å²) < 4.78 is 5.06. The molecule has 2 aromatic rings. The summed E-state index contributed by atoms with van der Waals surface area (Å²) in [5.74, 6) is 0.764. The number of nitrogens with zero attached hydrogens (tertiary/aromatic N) is 4. The number of rotatable bonds is 11. The van der Waals surface area contributed by atoms with Crippen molar-refractivity contribution >= 4 is 17.4 Å². The maximum Gasteiger partial charge on any atom is 0.154 e. The lowest BCUT2D eigenvalue weighted by atomic mass is 10.2. The maximum atomic E-state index is 10.2. The van der Waals surface area contributed by atoms with E-state index >= 15 is 0 Å². The normalized spacial score (nSPS) is 12.4. The molecule has 0 aliphatic carbocycles. The standard InChI is InChI=1S/C20H29ClN4O2/c1-4-10-24(2)19-11-22-18(20(21)23-19)14-25(13-17(26)15-27-3)12-16-8-6-5-7-9-16/h5-9,11,17,26H,4,10,12-15H2,1-3H3. The first kappa shape index (κ1) is 21.6. The van der Waals surface area contributed by atoms with Gasteiger partial charge in [0.25, 0.3) is 0 Å². The van der Waals surface area contributed by atoms with Crippen molar-refractivity contribution in [1.29, 1.82) is 0 Å². The molecule has 1 aromatic carbocycles. The molecule has 0 saturated carbocycles. The predicted molar refractivity (Wildman–Crippen MR) is 109 cm³/mol. The Hall–Kier alpha value is -1.73. The highest BCUT2D eigenvalue weighted by atomic mass is 35.5. The van der Waals surface area contributed by atoms with Gasteiger partial charge in [0, 0.05) is 40.3 Å². The molecule has 0 aliphatic heterocycles. The lowest BCUT2D eigenvalue weighted by Gasteiger charge is -2.25. The number of hydrogen-bond acceptors (Lipinski definition) is 6. The third-order valence-corrected chi connectivity index (χ3v) is 4.49. The Morgan fingerprint density at radius 1 is 1.22 bits per heavy atom. The van der Waals surface area contributed by atoms with E-state index < -0.39 is 6.10 Å². The van der Waals surface area contributed by atoms with E-state index in [-0.39, 0.29) is 6.61 Å². The molecule has 1 atom stereocenters. The van der Waals surface area contributed by atoms with E-state index in [9.17, 15) is 5.11 Å². The highest BCUT2D eigenvalue weighted by Crippen LogP contribution is 2.19. The van der Waals surface area contributed by atoms with Gasteiger partial charge in [-0.25, -0.2) is 4.98 Å². The van der Waals surface area contributed by atoms with E-state index in [1.165, 1.54) is 0 Å². The van der Waals surface area contributed by atoms with Crippen LogP contribution in [0.2, 0.25) is 5.15 Å². The second-order valence-corrected chi connectivity index (χ2v) is 7.01. The maximum absolute atomic E-state index is 10.2. The first-order chi connectivity index (χ1) is 13.0. The second kappa shape index (κ2) is 11.2. The van der Waals surface area contributed by atoms with Gasteiger partial charge in [-0.05, 0) is 12.0 Å². The van der Waals surface area contributed by atoms with E-state index in [0.29, 0.717) is 30.5 Å². The van der Waals surface area contributed by atoms with Crippen LogP contribution in [0.1, 0.15) is 24.6 Å². The Labute approximate surface area is 166 Å². The number of aliphatic hydroxyl groups is 1. The van der Waals surface area contributed by atoms with Gasteiger partial charge >= 0.3 is 0 Å². The molecule has 148 valence electrons. The Bertz CT molecular complexity index is 687. The fourth-order valence-electron chi connectivity index (χ4n) is 2.90. The van der Waals surface area contributed by atoms with Gasteiger partial charge in [0.15, 0.2) is 5.15 Å². The summed E-state index contributed by atoms with van der Waals surface area (Å²) >= 11 is 6.40. The van der Waals surface area contributed by atoms with Gasteiger partial charge in [-0.2, -0.15) is 0 Å². The number of ether oxygens (including phenoxy) is 1. The number of methoxy groups -OCH3 is 1. The first-order valence-corrected chi connectivity index (χ1v) is 9.57. The van der Waals surface area contributed by atoms with Crippen LogP contribution < -0.4 is 4.90 Å². The minimum absolute atomic E-state index is 0.283. The van der Waals surface area contributed by atoms with E-state index in [2.05, 4.69) is 33.9 Å². The van der Waals surface area contributed by atoms with Gasteiger partial charge in [0.2, 0.25) is 0 Å². The Morgan fingerprint density at radius 3 is 2.59 bits per heavy atom. The van der Waals surface area contributed by atoms with Crippen LogP contribution in [0.25, 0.3) is 0 Å². The smallest absolute Gasteiger partial charge is 0.154 e. The van der Waals surface area contributed by atoms with Crippen molar-refractivity contribution in [3.63, 3.8) is 0 Å². The minimum Gasteiger partial charge on any atom is -0.389 e. The average molecular weight is 393 g/mol. The van der Waals surface area contributed by atoms with Gasteiger partial charge in [0.05, 0.1) is 24.6 Å². The van der Waals surface area contributed by atoms with Crippen molar-refractivity contribution in [3.8, 4) is 0 Å². The molecular weight excluding hydrogens is 364 g/mol. The number of aliphatic hydroxyl groups excluding tert-OH is 1. The first-order valence-electron chi connectivity index (χ1n) is 9.19. The highest BCUT2D eigenvalue weighted by Gasteiger charge is 2.16. The SMILES string of the molecule is CCCN(C)c1cnc(CN(Cc2ccccc2)CC(O)COC)c(Cl)n1. The zero-order valence-corrected chi connectivity index (χ0v) is 17.1. The summed E-state index contributed by atoms with van der Waals surface area (Å²) in [6.07, 6.45) is 2.20. The lowest BCUT2D eigenvalue weighted by molar-refractivity contribution is 0.0335. The Morgan fingerprint density at radius 2 is 1.96 bits per heavy atom. The van der Waals surface area contributed by atoms with Gasteiger partial charge in [-0.15, -0.1) is 0 Å². The fourth-order valence-corrected chi connectivity index (χ4v) is 3.10. The zero-order valence-electron chi connectivity index (χ0n) is 16.3.